The molecule has 0 radical (unpaired) electrons. The molecular formula is C33H40FN7O3. The van der Waals surface area contributed by atoms with Crippen molar-refractivity contribution in [3.05, 3.63) is 93.3 Å². The third kappa shape index (κ3) is 6.12. The summed E-state index contributed by atoms with van der Waals surface area (Å²) in [6.07, 6.45) is 6.58. The van der Waals surface area contributed by atoms with Crippen LogP contribution >= 0.6 is 0 Å². The molecule has 232 valence electrons. The van der Waals surface area contributed by atoms with Gasteiger partial charge >= 0.3 is 0 Å². The molecule has 1 aliphatic carbocycles. The zero-order chi connectivity index (χ0) is 30.8. The lowest BCUT2D eigenvalue weighted by Gasteiger charge is -2.32. The largest absolute Gasteiger partial charge is 0.388 e. The highest BCUT2D eigenvalue weighted by Gasteiger charge is 2.29. The van der Waals surface area contributed by atoms with E-state index in [4.69, 9.17) is 4.74 Å². The maximum atomic E-state index is 15.9. The molecule has 0 bridgehead atoms. The van der Waals surface area contributed by atoms with Crippen molar-refractivity contribution in [2.24, 2.45) is 5.10 Å². The standard InChI is InChI=1S/C33H40FN7O3/c1-4-7-29-27(18-22-11-10-21(19-28(22)34)25-8-5-6-9-26(25)31-36-38-39-37-31)32(42)40(30-16-17-35-41(29)30)23-12-14-24(15-13-23)44-20-33(2,3)43/h5-6,8-11,16-17,19,23-24,38-39,43H,4,7,12-15,18,20H2,1-3H3,(H,36,37)/t23-,24-. The molecule has 1 fully saturated rings. The summed E-state index contributed by atoms with van der Waals surface area (Å²) in [5.41, 5.74) is 12.4. The number of aliphatic hydroxyl groups is 1. The van der Waals surface area contributed by atoms with Crippen LogP contribution in [-0.4, -0.2) is 43.4 Å². The Balaban J connectivity index is 1.32. The first kappa shape index (κ1) is 30.0. The Kier molecular flexibility index (Phi) is 8.53. The maximum Gasteiger partial charge on any atom is 0.257 e. The summed E-state index contributed by atoms with van der Waals surface area (Å²) < 4.78 is 25.6. The molecule has 0 unspecified atom stereocenters. The van der Waals surface area contributed by atoms with Crippen molar-refractivity contribution >= 4 is 11.5 Å². The predicted molar refractivity (Wildman–Crippen MR) is 168 cm³/mol. The second kappa shape index (κ2) is 12.5. The smallest absolute Gasteiger partial charge is 0.257 e. The average molecular weight is 602 g/mol. The molecule has 0 spiro atoms. The summed E-state index contributed by atoms with van der Waals surface area (Å²) in [7, 11) is 0. The minimum atomic E-state index is -0.880. The van der Waals surface area contributed by atoms with Crippen LogP contribution in [0.5, 0.6) is 0 Å². The molecule has 0 saturated heterocycles. The Morgan fingerprint density at radius 1 is 1.09 bits per heavy atom. The molecule has 2 aliphatic rings. The van der Waals surface area contributed by atoms with Crippen molar-refractivity contribution in [1.29, 1.82) is 0 Å². The van der Waals surface area contributed by atoms with Crippen LogP contribution in [0.4, 0.5) is 4.39 Å². The number of hydrogen-bond acceptors (Lipinski definition) is 8. The summed E-state index contributed by atoms with van der Waals surface area (Å²) >= 11 is 0. The van der Waals surface area contributed by atoms with E-state index in [9.17, 15) is 9.90 Å². The van der Waals surface area contributed by atoms with Gasteiger partial charge in [0.2, 0.25) is 0 Å². The summed E-state index contributed by atoms with van der Waals surface area (Å²) in [4.78, 5) is 14.3. The van der Waals surface area contributed by atoms with Crippen molar-refractivity contribution in [3.8, 4) is 11.1 Å². The highest BCUT2D eigenvalue weighted by molar-refractivity contribution is 6.04. The second-order valence-electron chi connectivity index (χ2n) is 12.4. The van der Waals surface area contributed by atoms with Crippen LogP contribution in [0.3, 0.4) is 0 Å². The summed E-state index contributed by atoms with van der Waals surface area (Å²) in [5, 5.41) is 18.9. The number of benzene rings is 2. The third-order valence-electron chi connectivity index (χ3n) is 8.44. The molecule has 10 nitrogen and oxygen atoms in total. The number of hydrazone groups is 1. The first-order valence-electron chi connectivity index (χ1n) is 15.4. The van der Waals surface area contributed by atoms with Gasteiger partial charge in [0.15, 0.2) is 5.84 Å². The SMILES string of the molecule is CCCc1c(Cc2ccc(-c3ccccc3C3=NNNN3)cc2F)c(=O)n([C@H]2CC[C@H](OCC(C)(C)O)CC2)c2ccnn12. The molecule has 1 saturated carbocycles. The first-order valence-corrected chi connectivity index (χ1v) is 15.4. The molecule has 2 aromatic carbocycles. The van der Waals surface area contributed by atoms with Gasteiger partial charge < -0.3 is 9.84 Å². The van der Waals surface area contributed by atoms with Crippen LogP contribution in [-0.2, 0) is 17.6 Å². The normalized spacial score (nSPS) is 18.7. The number of aromatic nitrogens is 3. The van der Waals surface area contributed by atoms with E-state index >= 15 is 4.39 Å². The number of aryl methyl sites for hydroxylation is 1. The number of fused-ring (bicyclic) bond motifs is 1. The van der Waals surface area contributed by atoms with E-state index in [0.717, 1.165) is 60.1 Å². The van der Waals surface area contributed by atoms with Gasteiger partial charge in [-0.05, 0) is 68.7 Å². The minimum absolute atomic E-state index is 0.0158. The molecule has 11 heteroatoms. The van der Waals surface area contributed by atoms with Crippen molar-refractivity contribution in [2.75, 3.05) is 6.61 Å². The summed E-state index contributed by atoms with van der Waals surface area (Å²) in [5.74, 6) is 0.244. The van der Waals surface area contributed by atoms with Gasteiger partial charge in [0, 0.05) is 29.7 Å². The van der Waals surface area contributed by atoms with E-state index in [2.05, 4.69) is 33.6 Å². The lowest BCUT2D eigenvalue weighted by molar-refractivity contribution is -0.0654. The van der Waals surface area contributed by atoms with Crippen molar-refractivity contribution in [2.45, 2.75) is 83.5 Å². The minimum Gasteiger partial charge on any atom is -0.388 e. The number of rotatable bonds is 10. The molecule has 6 rings (SSSR count). The molecule has 44 heavy (non-hydrogen) atoms. The van der Waals surface area contributed by atoms with Crippen LogP contribution < -0.4 is 22.1 Å². The maximum absolute atomic E-state index is 15.9. The highest BCUT2D eigenvalue weighted by atomic mass is 19.1. The van der Waals surface area contributed by atoms with Crippen LogP contribution in [0.25, 0.3) is 16.8 Å². The Morgan fingerprint density at radius 2 is 1.86 bits per heavy atom. The fourth-order valence-corrected chi connectivity index (χ4v) is 6.32. The fourth-order valence-electron chi connectivity index (χ4n) is 6.32. The summed E-state index contributed by atoms with van der Waals surface area (Å²) in [6.45, 7) is 5.83. The van der Waals surface area contributed by atoms with E-state index in [0.29, 0.717) is 23.4 Å². The average Bonchev–Trinajstić information content (AvgIpc) is 3.72. The molecule has 0 amide bonds. The lowest BCUT2D eigenvalue weighted by atomic mass is 9.92. The number of hydrazine groups is 2. The van der Waals surface area contributed by atoms with Gasteiger partial charge in [0.05, 0.1) is 30.2 Å². The van der Waals surface area contributed by atoms with Crippen molar-refractivity contribution < 1.29 is 14.2 Å². The first-order chi connectivity index (χ1) is 21.2. The zero-order valence-corrected chi connectivity index (χ0v) is 25.4. The van der Waals surface area contributed by atoms with Gasteiger partial charge in [-0.25, -0.2) is 14.4 Å². The molecule has 2 aromatic heterocycles. The van der Waals surface area contributed by atoms with Crippen molar-refractivity contribution in [3.63, 3.8) is 0 Å². The van der Waals surface area contributed by atoms with E-state index in [1.807, 2.05) is 45.5 Å². The topological polar surface area (TPSA) is 117 Å². The Labute approximate surface area is 255 Å². The van der Waals surface area contributed by atoms with Crippen LogP contribution in [0.1, 0.15) is 81.3 Å². The van der Waals surface area contributed by atoms with E-state index in [-0.39, 0.29) is 36.5 Å². The van der Waals surface area contributed by atoms with Gasteiger partial charge in [-0.3, -0.25) is 14.8 Å². The predicted octanol–water partition coefficient (Wildman–Crippen LogP) is 4.39. The molecular weight excluding hydrogens is 561 g/mol. The third-order valence-corrected chi connectivity index (χ3v) is 8.44. The number of ether oxygens (including phenoxy) is 1. The van der Waals surface area contributed by atoms with Gasteiger partial charge in [-0.1, -0.05) is 49.7 Å². The Bertz CT molecular complexity index is 1730. The van der Waals surface area contributed by atoms with Gasteiger partial charge in [0.25, 0.3) is 5.56 Å². The van der Waals surface area contributed by atoms with Crippen molar-refractivity contribution in [1.82, 2.24) is 30.7 Å². The number of nitrogens with zero attached hydrogens (tertiary/aromatic N) is 4. The van der Waals surface area contributed by atoms with E-state index in [1.165, 1.54) is 6.07 Å². The zero-order valence-electron chi connectivity index (χ0n) is 25.4. The Morgan fingerprint density at radius 3 is 2.55 bits per heavy atom. The monoisotopic (exact) mass is 601 g/mol. The number of hydrogen-bond donors (Lipinski definition) is 4. The van der Waals surface area contributed by atoms with E-state index < -0.39 is 5.60 Å². The summed E-state index contributed by atoms with van der Waals surface area (Å²) in [6, 6.07) is 14.8. The second-order valence-corrected chi connectivity index (χ2v) is 12.4. The molecule has 0 atom stereocenters. The molecule has 4 aromatic rings. The van der Waals surface area contributed by atoms with Gasteiger partial charge in [0.1, 0.15) is 11.5 Å². The number of nitrogens with one attached hydrogen (secondary N) is 3. The lowest BCUT2D eigenvalue weighted by Crippen LogP contribution is -2.36. The molecule has 4 N–H and O–H groups in total. The molecule has 1 aliphatic heterocycles. The fraction of sp³-hybridized carbons (Fsp3) is 0.424. The van der Waals surface area contributed by atoms with Crippen LogP contribution in [0.15, 0.2) is 64.6 Å². The number of amidine groups is 1. The number of halogens is 1. The Hall–Kier alpha value is -4.06. The quantitative estimate of drug-likeness (QED) is 0.213. The highest BCUT2D eigenvalue weighted by Crippen LogP contribution is 2.32. The van der Waals surface area contributed by atoms with Crippen LogP contribution in [0.2, 0.25) is 0 Å². The molecule has 3 heterocycles. The van der Waals surface area contributed by atoms with Crippen LogP contribution in [0, 0.1) is 5.82 Å². The van der Waals surface area contributed by atoms with Gasteiger partial charge in [-0.2, -0.15) is 5.10 Å². The van der Waals surface area contributed by atoms with Gasteiger partial charge in [-0.15, -0.1) is 10.6 Å². The van der Waals surface area contributed by atoms with E-state index in [1.54, 1.807) is 26.1 Å².